The van der Waals surface area contributed by atoms with Crippen LogP contribution in [0.5, 0.6) is 11.5 Å². The predicted molar refractivity (Wildman–Crippen MR) is 136 cm³/mol. The number of nitro benzene ring substituents is 1. The molecule has 0 aliphatic carbocycles. The van der Waals surface area contributed by atoms with Crippen molar-refractivity contribution < 1.29 is 23.6 Å². The summed E-state index contributed by atoms with van der Waals surface area (Å²) >= 11 is 0. The summed E-state index contributed by atoms with van der Waals surface area (Å²) in [4.78, 5) is 39.8. The van der Waals surface area contributed by atoms with Crippen LogP contribution in [0.3, 0.4) is 0 Å². The van der Waals surface area contributed by atoms with Crippen molar-refractivity contribution in [2.75, 3.05) is 20.8 Å². The second kappa shape index (κ2) is 9.42. The highest BCUT2D eigenvalue weighted by Gasteiger charge is 2.42. The molecule has 0 saturated carbocycles. The summed E-state index contributed by atoms with van der Waals surface area (Å²) in [5, 5.41) is 11.8. The monoisotopic (exact) mass is 500 g/mol. The molecule has 1 atom stereocenters. The van der Waals surface area contributed by atoms with Crippen molar-refractivity contribution in [1.82, 2.24) is 4.90 Å². The highest BCUT2D eigenvalue weighted by atomic mass is 16.6. The lowest BCUT2D eigenvalue weighted by atomic mass is 9.97. The number of amides is 1. The fourth-order valence-electron chi connectivity index (χ4n) is 4.81. The average Bonchev–Trinajstić information content (AvgIpc) is 3.19. The fourth-order valence-corrected chi connectivity index (χ4v) is 4.81. The van der Waals surface area contributed by atoms with Crippen LogP contribution in [0, 0.1) is 17.0 Å². The maximum atomic E-state index is 13.7. The SMILES string of the molecule is COc1ccc(CCN2C(=O)c3oc4ccc(C)cc4c(=O)c3C2c2cccc([N+](=O)[O-])c2)cc1OC. The van der Waals surface area contributed by atoms with E-state index in [4.69, 9.17) is 13.9 Å². The van der Waals surface area contributed by atoms with E-state index in [0.717, 1.165) is 11.1 Å². The first-order valence-corrected chi connectivity index (χ1v) is 11.7. The van der Waals surface area contributed by atoms with Gasteiger partial charge in [0.15, 0.2) is 16.9 Å². The number of hydrogen-bond acceptors (Lipinski definition) is 7. The summed E-state index contributed by atoms with van der Waals surface area (Å²) in [5.41, 5.74) is 2.30. The van der Waals surface area contributed by atoms with E-state index in [2.05, 4.69) is 0 Å². The molecule has 2 heterocycles. The number of nitrogens with zero attached hydrogens (tertiary/aromatic N) is 2. The fraction of sp³-hybridized carbons (Fsp3) is 0.214. The van der Waals surface area contributed by atoms with Crippen molar-refractivity contribution in [3.05, 3.63) is 109 Å². The van der Waals surface area contributed by atoms with Gasteiger partial charge >= 0.3 is 0 Å². The first kappa shape index (κ1) is 24.1. The van der Waals surface area contributed by atoms with Crippen LogP contribution in [0.2, 0.25) is 0 Å². The number of rotatable bonds is 7. The average molecular weight is 501 g/mol. The molecule has 9 heteroatoms. The predicted octanol–water partition coefficient (Wildman–Crippen LogP) is 4.81. The third-order valence-corrected chi connectivity index (χ3v) is 6.61. The van der Waals surface area contributed by atoms with Gasteiger partial charge < -0.3 is 18.8 Å². The highest BCUT2D eigenvalue weighted by Crippen LogP contribution is 2.39. The number of ether oxygens (including phenoxy) is 2. The molecule has 188 valence electrons. The summed E-state index contributed by atoms with van der Waals surface area (Å²) in [5.74, 6) is 0.670. The van der Waals surface area contributed by atoms with E-state index in [1.54, 1.807) is 44.6 Å². The Balaban J connectivity index is 1.62. The molecule has 9 nitrogen and oxygen atoms in total. The Bertz CT molecular complexity index is 1610. The number of benzene rings is 3. The first-order valence-electron chi connectivity index (χ1n) is 11.7. The van der Waals surface area contributed by atoms with Crippen LogP contribution in [0.15, 0.2) is 69.9 Å². The van der Waals surface area contributed by atoms with Gasteiger partial charge in [0, 0.05) is 18.7 Å². The third kappa shape index (κ3) is 4.18. The van der Waals surface area contributed by atoms with Crippen LogP contribution in [-0.4, -0.2) is 36.5 Å². The molecule has 0 fully saturated rings. The first-order chi connectivity index (χ1) is 17.8. The van der Waals surface area contributed by atoms with E-state index in [1.165, 1.54) is 17.0 Å². The van der Waals surface area contributed by atoms with Crippen molar-refractivity contribution in [2.45, 2.75) is 19.4 Å². The van der Waals surface area contributed by atoms with E-state index < -0.39 is 16.9 Å². The largest absolute Gasteiger partial charge is 0.493 e. The van der Waals surface area contributed by atoms with Crippen molar-refractivity contribution in [3.8, 4) is 11.5 Å². The van der Waals surface area contributed by atoms with Crippen LogP contribution >= 0.6 is 0 Å². The lowest BCUT2D eigenvalue weighted by Gasteiger charge is -2.25. The zero-order valence-electron chi connectivity index (χ0n) is 20.5. The third-order valence-electron chi connectivity index (χ3n) is 6.61. The van der Waals surface area contributed by atoms with Crippen molar-refractivity contribution in [3.63, 3.8) is 0 Å². The zero-order valence-corrected chi connectivity index (χ0v) is 20.5. The number of non-ortho nitro benzene ring substituents is 1. The van der Waals surface area contributed by atoms with Gasteiger partial charge in [0.05, 0.1) is 36.1 Å². The molecule has 0 N–H and O–H groups in total. The molecule has 4 aromatic rings. The van der Waals surface area contributed by atoms with Crippen molar-refractivity contribution >= 4 is 22.6 Å². The van der Waals surface area contributed by atoms with Crippen LogP contribution in [-0.2, 0) is 6.42 Å². The molecule has 1 aliphatic heterocycles. The lowest BCUT2D eigenvalue weighted by Crippen LogP contribution is -2.31. The summed E-state index contributed by atoms with van der Waals surface area (Å²) in [7, 11) is 3.10. The van der Waals surface area contributed by atoms with Gasteiger partial charge in [-0.05, 0) is 48.7 Å². The van der Waals surface area contributed by atoms with Gasteiger partial charge in [0.2, 0.25) is 5.76 Å². The van der Waals surface area contributed by atoms with Crippen LogP contribution < -0.4 is 14.9 Å². The standard InChI is InChI=1S/C28H24N2O7/c1-16-7-9-21-20(13-16)26(31)24-25(18-5-4-6-19(15-18)30(33)34)29(28(32)27(24)37-21)12-11-17-8-10-22(35-2)23(14-17)36-3/h4-10,13-15,25H,11-12H2,1-3H3. The second-order valence-electron chi connectivity index (χ2n) is 8.87. The molecule has 1 unspecified atom stereocenters. The number of fused-ring (bicyclic) bond motifs is 2. The molecule has 0 bridgehead atoms. The topological polar surface area (TPSA) is 112 Å². The van der Waals surface area contributed by atoms with E-state index in [9.17, 15) is 19.7 Å². The molecule has 0 radical (unpaired) electrons. The molecule has 37 heavy (non-hydrogen) atoms. The van der Waals surface area contributed by atoms with Crippen molar-refractivity contribution in [1.29, 1.82) is 0 Å². The van der Waals surface area contributed by atoms with Gasteiger partial charge in [-0.2, -0.15) is 0 Å². The summed E-state index contributed by atoms with van der Waals surface area (Å²) in [6, 6.07) is 15.9. The minimum atomic E-state index is -0.830. The Morgan fingerprint density at radius 3 is 2.51 bits per heavy atom. The zero-order chi connectivity index (χ0) is 26.3. The Kier molecular flexibility index (Phi) is 6.12. The molecule has 1 aromatic heterocycles. The quantitative estimate of drug-likeness (QED) is 0.264. The van der Waals surface area contributed by atoms with Crippen LogP contribution in [0.4, 0.5) is 5.69 Å². The normalized spacial score (nSPS) is 14.6. The molecule has 3 aromatic carbocycles. The maximum absolute atomic E-state index is 13.7. The Labute approximate surface area is 212 Å². The van der Waals surface area contributed by atoms with Crippen LogP contribution in [0.1, 0.15) is 38.9 Å². The number of hydrogen-bond donors (Lipinski definition) is 0. The minimum Gasteiger partial charge on any atom is -0.493 e. The number of carbonyl (C=O) groups is 1. The van der Waals surface area contributed by atoms with Gasteiger partial charge in [0.25, 0.3) is 11.6 Å². The highest BCUT2D eigenvalue weighted by molar-refractivity contribution is 5.99. The van der Waals surface area contributed by atoms with Crippen LogP contribution in [0.25, 0.3) is 11.0 Å². The Morgan fingerprint density at radius 1 is 1.00 bits per heavy atom. The number of nitro groups is 1. The molecule has 0 spiro atoms. The second-order valence-corrected chi connectivity index (χ2v) is 8.87. The maximum Gasteiger partial charge on any atom is 0.290 e. The molecule has 1 amide bonds. The number of methoxy groups -OCH3 is 2. The molecular formula is C28H24N2O7. The van der Waals surface area contributed by atoms with Crippen molar-refractivity contribution in [2.24, 2.45) is 0 Å². The summed E-state index contributed by atoms with van der Waals surface area (Å²) < 4.78 is 16.7. The lowest BCUT2D eigenvalue weighted by molar-refractivity contribution is -0.384. The van der Waals surface area contributed by atoms with Gasteiger partial charge in [-0.25, -0.2) is 0 Å². The Morgan fingerprint density at radius 2 is 1.78 bits per heavy atom. The molecule has 5 rings (SSSR count). The molecule has 0 saturated heterocycles. The van der Waals surface area contributed by atoms with E-state index in [-0.39, 0.29) is 29.0 Å². The van der Waals surface area contributed by atoms with Gasteiger partial charge in [0.1, 0.15) is 5.58 Å². The molecular weight excluding hydrogens is 476 g/mol. The number of carbonyl (C=O) groups excluding carboxylic acids is 1. The van der Waals surface area contributed by atoms with Gasteiger partial charge in [-0.3, -0.25) is 19.7 Å². The van der Waals surface area contributed by atoms with Gasteiger partial charge in [-0.1, -0.05) is 29.8 Å². The minimum absolute atomic E-state index is 0.0369. The van der Waals surface area contributed by atoms with E-state index >= 15 is 0 Å². The number of aryl methyl sites for hydroxylation is 1. The van der Waals surface area contributed by atoms with E-state index in [0.29, 0.717) is 34.5 Å². The Hall–Kier alpha value is -4.66. The molecule has 1 aliphatic rings. The van der Waals surface area contributed by atoms with E-state index in [1.807, 2.05) is 25.1 Å². The summed E-state index contributed by atoms with van der Waals surface area (Å²) in [6.45, 7) is 2.10. The summed E-state index contributed by atoms with van der Waals surface area (Å²) in [6.07, 6.45) is 0.443. The smallest absolute Gasteiger partial charge is 0.290 e. The van der Waals surface area contributed by atoms with Gasteiger partial charge in [-0.15, -0.1) is 0 Å².